The SMILES string of the molecule is Cn1cccc1C(c1cc(Cl)cc(Cl)c1)n1ccnc1. The zero-order chi connectivity index (χ0) is 14.1. The lowest BCUT2D eigenvalue weighted by Gasteiger charge is -2.20. The summed E-state index contributed by atoms with van der Waals surface area (Å²) < 4.78 is 4.12. The third-order valence-corrected chi connectivity index (χ3v) is 3.72. The topological polar surface area (TPSA) is 22.8 Å². The smallest absolute Gasteiger partial charge is 0.0999 e. The highest BCUT2D eigenvalue weighted by Crippen LogP contribution is 2.30. The second-order valence-corrected chi connectivity index (χ2v) is 5.53. The molecule has 0 saturated heterocycles. The van der Waals surface area contributed by atoms with E-state index in [1.807, 2.05) is 42.2 Å². The Morgan fingerprint density at radius 2 is 1.85 bits per heavy atom. The molecule has 5 heteroatoms. The number of aryl methyl sites for hydroxylation is 1. The van der Waals surface area contributed by atoms with E-state index in [2.05, 4.69) is 15.6 Å². The summed E-state index contributed by atoms with van der Waals surface area (Å²) in [5.74, 6) is 0. The number of hydrogen-bond acceptors (Lipinski definition) is 1. The van der Waals surface area contributed by atoms with Crippen LogP contribution < -0.4 is 0 Å². The molecule has 0 amide bonds. The van der Waals surface area contributed by atoms with Gasteiger partial charge in [-0.05, 0) is 35.9 Å². The van der Waals surface area contributed by atoms with Crippen molar-refractivity contribution in [1.82, 2.24) is 14.1 Å². The molecule has 20 heavy (non-hydrogen) atoms. The first-order chi connectivity index (χ1) is 9.65. The molecule has 0 N–H and O–H groups in total. The Bertz CT molecular complexity index is 696. The first kappa shape index (κ1) is 13.3. The fourth-order valence-electron chi connectivity index (χ4n) is 2.41. The van der Waals surface area contributed by atoms with E-state index in [1.165, 1.54) is 0 Å². The molecule has 3 nitrogen and oxygen atoms in total. The van der Waals surface area contributed by atoms with Crippen molar-refractivity contribution in [3.05, 3.63) is 76.6 Å². The van der Waals surface area contributed by atoms with Gasteiger partial charge in [0.05, 0.1) is 12.4 Å². The molecule has 2 aromatic heterocycles. The van der Waals surface area contributed by atoms with Crippen molar-refractivity contribution in [2.75, 3.05) is 0 Å². The number of nitrogens with zero attached hydrogens (tertiary/aromatic N) is 3. The lowest BCUT2D eigenvalue weighted by Crippen LogP contribution is -2.14. The molecule has 102 valence electrons. The van der Waals surface area contributed by atoms with Crippen LogP contribution in [0.1, 0.15) is 17.3 Å². The monoisotopic (exact) mass is 305 g/mol. The Morgan fingerprint density at radius 3 is 2.40 bits per heavy atom. The van der Waals surface area contributed by atoms with Crippen LogP contribution >= 0.6 is 23.2 Å². The normalized spacial score (nSPS) is 12.6. The van der Waals surface area contributed by atoms with E-state index < -0.39 is 0 Å². The Balaban J connectivity index is 2.18. The molecule has 0 aliphatic heterocycles. The number of aromatic nitrogens is 3. The highest BCUT2D eigenvalue weighted by molar-refractivity contribution is 6.34. The highest BCUT2D eigenvalue weighted by Gasteiger charge is 2.19. The van der Waals surface area contributed by atoms with Gasteiger partial charge >= 0.3 is 0 Å². The minimum absolute atomic E-state index is 0.00583. The van der Waals surface area contributed by atoms with Gasteiger partial charge in [0, 0.05) is 41.4 Å². The summed E-state index contributed by atoms with van der Waals surface area (Å²) in [6.07, 6.45) is 7.52. The quantitative estimate of drug-likeness (QED) is 0.712. The van der Waals surface area contributed by atoms with E-state index in [9.17, 15) is 0 Å². The van der Waals surface area contributed by atoms with Crippen molar-refractivity contribution < 1.29 is 0 Å². The third-order valence-electron chi connectivity index (χ3n) is 3.29. The predicted octanol–water partition coefficient (Wildman–Crippen LogP) is 4.17. The van der Waals surface area contributed by atoms with Gasteiger partial charge in [0.1, 0.15) is 0 Å². The lowest BCUT2D eigenvalue weighted by atomic mass is 10.0. The van der Waals surface area contributed by atoms with Crippen LogP contribution in [0.15, 0.2) is 55.2 Å². The van der Waals surface area contributed by atoms with Gasteiger partial charge in [-0.15, -0.1) is 0 Å². The molecule has 3 rings (SSSR count). The van der Waals surface area contributed by atoms with Crippen LogP contribution in [0.4, 0.5) is 0 Å². The number of halogens is 2. The van der Waals surface area contributed by atoms with Crippen molar-refractivity contribution in [2.45, 2.75) is 6.04 Å². The van der Waals surface area contributed by atoms with Crippen LogP contribution in [0, 0.1) is 0 Å². The molecule has 3 aromatic rings. The second-order valence-electron chi connectivity index (χ2n) is 4.66. The Hall–Kier alpha value is -1.71. The molecule has 0 bridgehead atoms. The van der Waals surface area contributed by atoms with Crippen LogP contribution in [0.2, 0.25) is 10.0 Å². The molecule has 0 aliphatic rings. The van der Waals surface area contributed by atoms with Crippen LogP contribution in [0.5, 0.6) is 0 Å². The van der Waals surface area contributed by atoms with Crippen LogP contribution in [0.3, 0.4) is 0 Å². The molecule has 1 aromatic carbocycles. The molecular formula is C15H13Cl2N3. The third kappa shape index (κ3) is 2.47. The van der Waals surface area contributed by atoms with Crippen molar-refractivity contribution in [1.29, 1.82) is 0 Å². The van der Waals surface area contributed by atoms with Gasteiger partial charge < -0.3 is 9.13 Å². The van der Waals surface area contributed by atoms with Gasteiger partial charge in [-0.1, -0.05) is 23.2 Å². The van der Waals surface area contributed by atoms with Gasteiger partial charge in [-0.25, -0.2) is 4.98 Å². The largest absolute Gasteiger partial charge is 0.352 e. The summed E-state index contributed by atoms with van der Waals surface area (Å²) in [7, 11) is 2.02. The standard InChI is InChI=1S/C15H13Cl2N3/c1-19-5-2-3-14(19)15(20-6-4-18-10-20)11-7-12(16)9-13(17)8-11/h2-10,15H,1H3. The summed E-state index contributed by atoms with van der Waals surface area (Å²) in [5, 5.41) is 1.26. The maximum absolute atomic E-state index is 6.14. The first-order valence-electron chi connectivity index (χ1n) is 6.20. The van der Waals surface area contributed by atoms with Gasteiger partial charge in [0.2, 0.25) is 0 Å². The number of rotatable bonds is 3. The maximum atomic E-state index is 6.14. The van der Waals surface area contributed by atoms with Gasteiger partial charge in [-0.2, -0.15) is 0 Å². The number of benzene rings is 1. The van der Waals surface area contributed by atoms with Gasteiger partial charge in [-0.3, -0.25) is 0 Å². The van der Waals surface area contributed by atoms with Crippen LogP contribution in [-0.2, 0) is 7.05 Å². The zero-order valence-electron chi connectivity index (χ0n) is 10.9. The maximum Gasteiger partial charge on any atom is 0.0999 e. The van der Waals surface area contributed by atoms with Crippen molar-refractivity contribution in [3.8, 4) is 0 Å². The summed E-state index contributed by atoms with van der Waals surface area (Å²) in [4.78, 5) is 4.14. The van der Waals surface area contributed by atoms with E-state index in [1.54, 1.807) is 18.6 Å². The molecule has 0 spiro atoms. The minimum atomic E-state index is -0.00583. The average molecular weight is 306 g/mol. The van der Waals surface area contributed by atoms with Crippen LogP contribution in [0.25, 0.3) is 0 Å². The average Bonchev–Trinajstić information content (AvgIpc) is 3.02. The first-order valence-corrected chi connectivity index (χ1v) is 6.95. The van der Waals surface area contributed by atoms with E-state index in [-0.39, 0.29) is 6.04 Å². The summed E-state index contributed by atoms with van der Waals surface area (Å²) in [6.45, 7) is 0. The number of imidazole rings is 1. The van der Waals surface area contributed by atoms with Crippen LogP contribution in [-0.4, -0.2) is 14.1 Å². The molecule has 1 atom stereocenters. The molecule has 0 fully saturated rings. The predicted molar refractivity (Wildman–Crippen MR) is 81.3 cm³/mol. The molecule has 1 unspecified atom stereocenters. The molecule has 2 heterocycles. The minimum Gasteiger partial charge on any atom is -0.352 e. The molecule has 0 aliphatic carbocycles. The summed E-state index contributed by atoms with van der Waals surface area (Å²) in [6, 6.07) is 9.71. The molecule has 0 radical (unpaired) electrons. The Morgan fingerprint density at radius 1 is 1.10 bits per heavy atom. The summed E-state index contributed by atoms with van der Waals surface area (Å²) >= 11 is 12.3. The van der Waals surface area contributed by atoms with Gasteiger partial charge in [0.15, 0.2) is 0 Å². The molecular weight excluding hydrogens is 293 g/mol. The number of hydrogen-bond donors (Lipinski definition) is 0. The van der Waals surface area contributed by atoms with Gasteiger partial charge in [0.25, 0.3) is 0 Å². The fourth-order valence-corrected chi connectivity index (χ4v) is 2.95. The van der Waals surface area contributed by atoms with Crippen molar-refractivity contribution in [3.63, 3.8) is 0 Å². The highest BCUT2D eigenvalue weighted by atomic mass is 35.5. The molecule has 0 saturated carbocycles. The van der Waals surface area contributed by atoms with E-state index >= 15 is 0 Å². The van der Waals surface area contributed by atoms with Crippen molar-refractivity contribution in [2.24, 2.45) is 7.05 Å². The van der Waals surface area contributed by atoms with E-state index in [0.29, 0.717) is 10.0 Å². The Labute approximate surface area is 127 Å². The second kappa shape index (κ2) is 5.35. The van der Waals surface area contributed by atoms with Crippen molar-refractivity contribution >= 4 is 23.2 Å². The Kier molecular flexibility index (Phi) is 3.55. The van der Waals surface area contributed by atoms with E-state index in [4.69, 9.17) is 23.2 Å². The lowest BCUT2D eigenvalue weighted by molar-refractivity contribution is 0.627. The zero-order valence-corrected chi connectivity index (χ0v) is 12.4. The van der Waals surface area contributed by atoms with E-state index in [0.717, 1.165) is 11.3 Å². The fraction of sp³-hybridized carbons (Fsp3) is 0.133. The summed E-state index contributed by atoms with van der Waals surface area (Å²) in [5.41, 5.74) is 2.17.